The summed E-state index contributed by atoms with van der Waals surface area (Å²) in [6, 6.07) is 0. The highest BCUT2D eigenvalue weighted by Crippen LogP contribution is 2.14. The van der Waals surface area contributed by atoms with Gasteiger partial charge < -0.3 is 9.84 Å². The standard InChI is InChI=1S/C34H64O4/c1-2-3-4-5-6-7-8-9-14-17-20-23-26-29-32-38-34(37)31-28-25-22-19-16-13-11-10-12-15-18-21-24-27-30-33(35)36/h7-8H,2-6,9-32H2,1H3,(H,35,36)/b8-7-. The highest BCUT2D eigenvalue weighted by molar-refractivity contribution is 5.69. The van der Waals surface area contributed by atoms with E-state index in [1.54, 1.807) is 0 Å². The topological polar surface area (TPSA) is 63.6 Å². The van der Waals surface area contributed by atoms with Crippen LogP contribution < -0.4 is 0 Å². The molecule has 0 spiro atoms. The first kappa shape index (κ1) is 36.7. The first-order valence-corrected chi connectivity index (χ1v) is 16.7. The summed E-state index contributed by atoms with van der Waals surface area (Å²) in [5, 5.41) is 8.62. The molecule has 4 heteroatoms. The van der Waals surface area contributed by atoms with Crippen molar-refractivity contribution < 1.29 is 19.4 Å². The predicted molar refractivity (Wildman–Crippen MR) is 163 cm³/mol. The van der Waals surface area contributed by atoms with E-state index in [1.807, 2.05) is 0 Å². The van der Waals surface area contributed by atoms with Crippen LogP contribution in [0.4, 0.5) is 0 Å². The Kier molecular flexibility index (Phi) is 30.8. The van der Waals surface area contributed by atoms with Crippen LogP contribution >= 0.6 is 0 Å². The van der Waals surface area contributed by atoms with Gasteiger partial charge in [0.15, 0.2) is 0 Å². The molecular weight excluding hydrogens is 472 g/mol. The van der Waals surface area contributed by atoms with Crippen LogP contribution in [0.1, 0.15) is 187 Å². The van der Waals surface area contributed by atoms with Crippen LogP contribution in [-0.2, 0) is 14.3 Å². The molecule has 1 N–H and O–H groups in total. The molecule has 4 nitrogen and oxygen atoms in total. The van der Waals surface area contributed by atoms with Gasteiger partial charge >= 0.3 is 11.9 Å². The van der Waals surface area contributed by atoms with E-state index < -0.39 is 5.97 Å². The highest BCUT2D eigenvalue weighted by Gasteiger charge is 2.03. The Morgan fingerprint density at radius 3 is 1.32 bits per heavy atom. The van der Waals surface area contributed by atoms with Crippen molar-refractivity contribution in [3.05, 3.63) is 12.2 Å². The second kappa shape index (κ2) is 31.9. The summed E-state index contributed by atoms with van der Waals surface area (Å²) < 4.78 is 5.41. The Bertz CT molecular complexity index is 529. The monoisotopic (exact) mass is 536 g/mol. The number of esters is 1. The summed E-state index contributed by atoms with van der Waals surface area (Å²) in [6.45, 7) is 2.86. The van der Waals surface area contributed by atoms with Gasteiger partial charge in [0, 0.05) is 12.8 Å². The fourth-order valence-corrected chi connectivity index (χ4v) is 4.92. The molecule has 0 heterocycles. The van der Waals surface area contributed by atoms with Gasteiger partial charge in [0.05, 0.1) is 6.61 Å². The first-order valence-electron chi connectivity index (χ1n) is 16.7. The zero-order chi connectivity index (χ0) is 27.8. The van der Waals surface area contributed by atoms with Gasteiger partial charge in [-0.2, -0.15) is 0 Å². The van der Waals surface area contributed by atoms with Crippen molar-refractivity contribution in [1.82, 2.24) is 0 Å². The first-order chi connectivity index (χ1) is 18.7. The van der Waals surface area contributed by atoms with Crippen LogP contribution in [0.15, 0.2) is 12.2 Å². The summed E-state index contributed by atoms with van der Waals surface area (Å²) in [5.41, 5.74) is 0. The third-order valence-corrected chi connectivity index (χ3v) is 7.44. The van der Waals surface area contributed by atoms with Crippen molar-refractivity contribution in [3.8, 4) is 0 Å². The van der Waals surface area contributed by atoms with Crippen LogP contribution in [-0.4, -0.2) is 23.7 Å². The Morgan fingerprint density at radius 1 is 0.500 bits per heavy atom. The van der Waals surface area contributed by atoms with Crippen molar-refractivity contribution in [1.29, 1.82) is 0 Å². The number of rotatable bonds is 31. The van der Waals surface area contributed by atoms with E-state index in [9.17, 15) is 9.59 Å². The van der Waals surface area contributed by atoms with Gasteiger partial charge in [-0.25, -0.2) is 0 Å². The molecule has 0 atom stereocenters. The Balaban J connectivity index is 3.19. The fourth-order valence-electron chi connectivity index (χ4n) is 4.92. The zero-order valence-electron chi connectivity index (χ0n) is 25.3. The van der Waals surface area contributed by atoms with E-state index in [0.717, 1.165) is 32.1 Å². The number of aliphatic carboxylic acids is 1. The minimum atomic E-state index is -0.670. The van der Waals surface area contributed by atoms with E-state index >= 15 is 0 Å². The minimum absolute atomic E-state index is 0.00614. The van der Waals surface area contributed by atoms with Gasteiger partial charge in [0.2, 0.25) is 0 Å². The smallest absolute Gasteiger partial charge is 0.305 e. The lowest BCUT2D eigenvalue weighted by Gasteiger charge is -2.05. The molecule has 0 fully saturated rings. The Hall–Kier alpha value is -1.32. The number of carboxylic acids is 1. The lowest BCUT2D eigenvalue weighted by atomic mass is 10.0. The van der Waals surface area contributed by atoms with Gasteiger partial charge in [0.1, 0.15) is 0 Å². The maximum absolute atomic E-state index is 11.9. The second-order valence-electron chi connectivity index (χ2n) is 11.3. The molecule has 0 saturated heterocycles. The number of ether oxygens (including phenoxy) is 1. The lowest BCUT2D eigenvalue weighted by Crippen LogP contribution is -2.05. The molecule has 0 saturated carbocycles. The third kappa shape index (κ3) is 32.7. The summed E-state index contributed by atoms with van der Waals surface area (Å²) in [7, 11) is 0. The highest BCUT2D eigenvalue weighted by atomic mass is 16.5. The van der Waals surface area contributed by atoms with E-state index in [1.165, 1.54) is 135 Å². The molecule has 0 aliphatic carbocycles. The van der Waals surface area contributed by atoms with Crippen LogP contribution in [0, 0.1) is 0 Å². The number of unbranched alkanes of at least 4 members (excludes halogenated alkanes) is 23. The van der Waals surface area contributed by atoms with Gasteiger partial charge in [-0.3, -0.25) is 9.59 Å². The minimum Gasteiger partial charge on any atom is -0.481 e. The molecule has 0 aromatic rings. The van der Waals surface area contributed by atoms with Crippen LogP contribution in [0.5, 0.6) is 0 Å². The number of carboxylic acid groups (broad SMARTS) is 1. The number of allylic oxidation sites excluding steroid dienone is 2. The molecule has 224 valence electrons. The molecule has 0 aromatic carbocycles. The third-order valence-electron chi connectivity index (χ3n) is 7.44. The lowest BCUT2D eigenvalue weighted by molar-refractivity contribution is -0.144. The Morgan fingerprint density at radius 2 is 0.868 bits per heavy atom. The van der Waals surface area contributed by atoms with Gasteiger partial charge in [0.25, 0.3) is 0 Å². The molecule has 0 amide bonds. The number of carbonyl (C=O) groups excluding carboxylic acids is 1. The quantitative estimate of drug-likeness (QED) is 0.0543. The van der Waals surface area contributed by atoms with Crippen molar-refractivity contribution in [3.63, 3.8) is 0 Å². The van der Waals surface area contributed by atoms with Crippen LogP contribution in [0.25, 0.3) is 0 Å². The van der Waals surface area contributed by atoms with Crippen LogP contribution in [0.2, 0.25) is 0 Å². The normalized spacial score (nSPS) is 11.4. The molecule has 38 heavy (non-hydrogen) atoms. The average Bonchev–Trinajstić information content (AvgIpc) is 2.90. The molecule has 0 aromatic heterocycles. The largest absolute Gasteiger partial charge is 0.481 e. The van der Waals surface area contributed by atoms with Crippen molar-refractivity contribution in [2.45, 2.75) is 187 Å². The van der Waals surface area contributed by atoms with Gasteiger partial charge in [-0.1, -0.05) is 141 Å². The maximum Gasteiger partial charge on any atom is 0.305 e. The van der Waals surface area contributed by atoms with E-state index in [0.29, 0.717) is 19.4 Å². The number of carbonyl (C=O) groups is 2. The molecule has 0 aliphatic rings. The second-order valence-corrected chi connectivity index (χ2v) is 11.3. The Labute approximate surface area is 236 Å². The molecule has 0 aliphatic heterocycles. The molecule has 0 unspecified atom stereocenters. The van der Waals surface area contributed by atoms with E-state index in [2.05, 4.69) is 19.1 Å². The van der Waals surface area contributed by atoms with Crippen molar-refractivity contribution in [2.75, 3.05) is 6.61 Å². The summed E-state index contributed by atoms with van der Waals surface area (Å²) in [4.78, 5) is 22.3. The summed E-state index contributed by atoms with van der Waals surface area (Å²) in [5.74, 6) is -0.676. The SMILES string of the molecule is CCCCCC/C=C\CCCCCCCCOC(=O)CCCCCCCCCCCCCCCCC(=O)O. The number of hydrogen-bond donors (Lipinski definition) is 1. The molecule has 0 radical (unpaired) electrons. The summed E-state index contributed by atoms with van der Waals surface area (Å²) >= 11 is 0. The van der Waals surface area contributed by atoms with E-state index in [4.69, 9.17) is 9.84 Å². The number of hydrogen-bond acceptors (Lipinski definition) is 3. The van der Waals surface area contributed by atoms with Crippen molar-refractivity contribution >= 4 is 11.9 Å². The van der Waals surface area contributed by atoms with E-state index in [-0.39, 0.29) is 5.97 Å². The van der Waals surface area contributed by atoms with Gasteiger partial charge in [-0.15, -0.1) is 0 Å². The maximum atomic E-state index is 11.9. The van der Waals surface area contributed by atoms with Crippen LogP contribution in [0.3, 0.4) is 0 Å². The summed E-state index contributed by atoms with van der Waals surface area (Å²) in [6.07, 6.45) is 37.8. The fraction of sp³-hybridized carbons (Fsp3) is 0.882. The molecular formula is C34H64O4. The van der Waals surface area contributed by atoms with Crippen molar-refractivity contribution in [2.24, 2.45) is 0 Å². The van der Waals surface area contributed by atoms with Gasteiger partial charge in [-0.05, 0) is 44.9 Å². The molecule has 0 rings (SSSR count). The predicted octanol–water partition coefficient (Wildman–Crippen LogP) is 11.1. The molecule has 0 bridgehead atoms. The zero-order valence-corrected chi connectivity index (χ0v) is 25.3. The average molecular weight is 537 g/mol.